The molecule has 0 saturated carbocycles. The van der Waals surface area contributed by atoms with Crippen LogP contribution in [-0.4, -0.2) is 23.7 Å². The van der Waals surface area contributed by atoms with Crippen LogP contribution in [-0.2, 0) is 14.3 Å². The van der Waals surface area contributed by atoms with Crippen molar-refractivity contribution in [1.29, 1.82) is 0 Å². The highest BCUT2D eigenvalue weighted by Crippen LogP contribution is 2.30. The van der Waals surface area contributed by atoms with E-state index >= 15 is 0 Å². The van der Waals surface area contributed by atoms with E-state index in [2.05, 4.69) is 4.74 Å². The highest BCUT2D eigenvalue weighted by Gasteiger charge is 2.29. The molecule has 0 rings (SSSR count). The van der Waals surface area contributed by atoms with Gasteiger partial charge in [-0.05, 0) is 11.3 Å². The van der Waals surface area contributed by atoms with E-state index in [-0.39, 0.29) is 24.4 Å². The van der Waals surface area contributed by atoms with Crippen LogP contribution in [0.1, 0.15) is 34.1 Å². The molecule has 0 heterocycles. The molecule has 0 spiro atoms. The minimum absolute atomic E-state index is 0.0120. The minimum atomic E-state index is -0.595. The summed E-state index contributed by atoms with van der Waals surface area (Å²) < 4.78 is 4.42. The van der Waals surface area contributed by atoms with Gasteiger partial charge in [0.25, 0.3) is 0 Å². The Hall–Kier alpha value is -0.900. The maximum Gasteiger partial charge on any atom is 0.313 e. The number of aliphatic hydroxyl groups excluding tert-OH is 1. The fourth-order valence-electron chi connectivity index (χ4n) is 0.990. The van der Waals surface area contributed by atoms with Crippen LogP contribution in [0.2, 0.25) is 0 Å². The first kappa shape index (κ1) is 13.1. The van der Waals surface area contributed by atoms with Crippen molar-refractivity contribution in [3.63, 3.8) is 0 Å². The fourth-order valence-corrected chi connectivity index (χ4v) is 0.990. The molecule has 0 fully saturated rings. The van der Waals surface area contributed by atoms with Crippen LogP contribution in [0.25, 0.3) is 0 Å². The SMILES string of the molecule is CC(=O)OC(=O)CC(C)(C)C(C)CO. The van der Waals surface area contributed by atoms with E-state index in [0.717, 1.165) is 0 Å². The summed E-state index contributed by atoms with van der Waals surface area (Å²) in [6, 6.07) is 0. The summed E-state index contributed by atoms with van der Waals surface area (Å²) in [5.41, 5.74) is -0.360. The van der Waals surface area contributed by atoms with Crippen molar-refractivity contribution in [3.8, 4) is 0 Å². The van der Waals surface area contributed by atoms with Gasteiger partial charge in [-0.2, -0.15) is 0 Å². The van der Waals surface area contributed by atoms with E-state index in [1.807, 2.05) is 20.8 Å². The molecule has 0 amide bonds. The first-order chi connectivity index (χ1) is 6.29. The molecule has 4 nitrogen and oxygen atoms in total. The highest BCUT2D eigenvalue weighted by molar-refractivity contribution is 5.84. The number of ether oxygens (including phenoxy) is 1. The van der Waals surface area contributed by atoms with Crippen molar-refractivity contribution in [2.24, 2.45) is 11.3 Å². The van der Waals surface area contributed by atoms with Crippen LogP contribution in [0.4, 0.5) is 0 Å². The summed E-state index contributed by atoms with van der Waals surface area (Å²) in [6.07, 6.45) is 0.133. The number of hydrogen-bond acceptors (Lipinski definition) is 4. The zero-order valence-corrected chi connectivity index (χ0v) is 9.16. The smallest absolute Gasteiger partial charge is 0.313 e. The molecule has 0 radical (unpaired) electrons. The van der Waals surface area contributed by atoms with E-state index in [1.54, 1.807) is 0 Å². The van der Waals surface area contributed by atoms with Gasteiger partial charge in [0.05, 0.1) is 6.42 Å². The maximum absolute atomic E-state index is 11.2. The Morgan fingerprint density at radius 1 is 1.43 bits per heavy atom. The quantitative estimate of drug-likeness (QED) is 0.548. The number of aliphatic hydroxyl groups is 1. The van der Waals surface area contributed by atoms with Gasteiger partial charge in [-0.15, -0.1) is 0 Å². The van der Waals surface area contributed by atoms with E-state index in [0.29, 0.717) is 0 Å². The third-order valence-electron chi connectivity index (χ3n) is 2.47. The first-order valence-electron chi connectivity index (χ1n) is 4.61. The number of hydrogen-bond donors (Lipinski definition) is 1. The zero-order valence-electron chi connectivity index (χ0n) is 9.16. The van der Waals surface area contributed by atoms with Gasteiger partial charge in [0, 0.05) is 13.5 Å². The topological polar surface area (TPSA) is 63.6 Å². The molecule has 0 bridgehead atoms. The second-order valence-electron chi connectivity index (χ2n) is 4.21. The summed E-state index contributed by atoms with van der Waals surface area (Å²) in [5, 5.41) is 8.95. The molecule has 1 unspecified atom stereocenters. The predicted octanol–water partition coefficient (Wildman–Crippen LogP) is 1.12. The molecular weight excluding hydrogens is 184 g/mol. The summed E-state index contributed by atoms with van der Waals surface area (Å²) >= 11 is 0. The van der Waals surface area contributed by atoms with Gasteiger partial charge in [0.15, 0.2) is 0 Å². The molecule has 1 atom stereocenters. The Bertz CT molecular complexity index is 220. The number of rotatable bonds is 4. The minimum Gasteiger partial charge on any atom is -0.396 e. The largest absolute Gasteiger partial charge is 0.396 e. The molecule has 0 aromatic carbocycles. The Kier molecular flexibility index (Phi) is 4.77. The van der Waals surface area contributed by atoms with Gasteiger partial charge >= 0.3 is 11.9 Å². The Balaban J connectivity index is 4.21. The van der Waals surface area contributed by atoms with Gasteiger partial charge in [0.2, 0.25) is 0 Å². The monoisotopic (exact) mass is 202 g/mol. The molecular formula is C10H18O4. The lowest BCUT2D eigenvalue weighted by molar-refractivity contribution is -0.160. The molecule has 14 heavy (non-hydrogen) atoms. The standard InChI is InChI=1S/C10H18O4/c1-7(6-11)10(3,4)5-9(13)14-8(2)12/h7,11H,5-6H2,1-4H3. The zero-order chi connectivity index (χ0) is 11.4. The molecule has 82 valence electrons. The molecule has 0 aromatic heterocycles. The molecule has 0 aliphatic rings. The van der Waals surface area contributed by atoms with Crippen molar-refractivity contribution in [2.45, 2.75) is 34.1 Å². The number of carbonyl (C=O) groups excluding carboxylic acids is 2. The molecule has 0 aliphatic heterocycles. The van der Waals surface area contributed by atoms with Gasteiger partial charge in [0.1, 0.15) is 0 Å². The average molecular weight is 202 g/mol. The summed E-state index contributed by atoms with van der Waals surface area (Å²) in [6.45, 7) is 6.77. The highest BCUT2D eigenvalue weighted by atomic mass is 16.6. The van der Waals surface area contributed by atoms with Gasteiger partial charge < -0.3 is 9.84 Å². The van der Waals surface area contributed by atoms with Crippen LogP contribution in [0, 0.1) is 11.3 Å². The Morgan fingerprint density at radius 3 is 2.29 bits per heavy atom. The van der Waals surface area contributed by atoms with Crippen LogP contribution in [0.3, 0.4) is 0 Å². The van der Waals surface area contributed by atoms with Crippen LogP contribution in [0.15, 0.2) is 0 Å². The predicted molar refractivity (Wildman–Crippen MR) is 51.4 cm³/mol. The van der Waals surface area contributed by atoms with Crippen LogP contribution in [0.5, 0.6) is 0 Å². The van der Waals surface area contributed by atoms with Crippen LogP contribution >= 0.6 is 0 Å². The third-order valence-corrected chi connectivity index (χ3v) is 2.47. The Labute approximate surface area is 84.3 Å². The lowest BCUT2D eigenvalue weighted by atomic mass is 9.78. The van der Waals surface area contributed by atoms with E-state index in [1.165, 1.54) is 6.92 Å². The second-order valence-corrected chi connectivity index (χ2v) is 4.21. The fraction of sp³-hybridized carbons (Fsp3) is 0.800. The van der Waals surface area contributed by atoms with Gasteiger partial charge in [-0.3, -0.25) is 9.59 Å². The maximum atomic E-state index is 11.2. The summed E-state index contributed by atoms with van der Waals surface area (Å²) in [5.74, 6) is -1.15. The van der Waals surface area contributed by atoms with Gasteiger partial charge in [-0.1, -0.05) is 20.8 Å². The van der Waals surface area contributed by atoms with Crippen molar-refractivity contribution in [2.75, 3.05) is 6.61 Å². The molecule has 0 saturated heterocycles. The molecule has 0 aromatic rings. The van der Waals surface area contributed by atoms with E-state index in [9.17, 15) is 9.59 Å². The third kappa shape index (κ3) is 4.37. The lowest BCUT2D eigenvalue weighted by Crippen LogP contribution is -2.28. The van der Waals surface area contributed by atoms with Crippen molar-refractivity contribution >= 4 is 11.9 Å². The number of carbonyl (C=O) groups is 2. The van der Waals surface area contributed by atoms with E-state index in [4.69, 9.17) is 5.11 Å². The van der Waals surface area contributed by atoms with Crippen LogP contribution < -0.4 is 0 Å². The normalized spacial score (nSPS) is 13.5. The number of esters is 2. The van der Waals surface area contributed by atoms with Crippen molar-refractivity contribution < 1.29 is 19.4 Å². The van der Waals surface area contributed by atoms with Crippen molar-refractivity contribution in [3.05, 3.63) is 0 Å². The molecule has 4 heteroatoms. The van der Waals surface area contributed by atoms with E-state index < -0.39 is 11.9 Å². The first-order valence-corrected chi connectivity index (χ1v) is 4.61. The molecule has 0 aliphatic carbocycles. The van der Waals surface area contributed by atoms with Gasteiger partial charge in [-0.25, -0.2) is 0 Å². The second kappa shape index (κ2) is 5.10. The summed E-state index contributed by atoms with van der Waals surface area (Å²) in [4.78, 5) is 21.7. The molecule has 1 N–H and O–H groups in total. The Morgan fingerprint density at radius 2 is 1.93 bits per heavy atom. The van der Waals surface area contributed by atoms with Crippen molar-refractivity contribution in [1.82, 2.24) is 0 Å². The lowest BCUT2D eigenvalue weighted by Gasteiger charge is -2.29. The average Bonchev–Trinajstić information content (AvgIpc) is 1.99. The summed E-state index contributed by atoms with van der Waals surface area (Å²) in [7, 11) is 0.